The van der Waals surface area contributed by atoms with Gasteiger partial charge in [0.05, 0.1) is 6.61 Å². The summed E-state index contributed by atoms with van der Waals surface area (Å²) in [5.74, 6) is 0.0628. The Morgan fingerprint density at radius 2 is 1.60 bits per heavy atom. The highest BCUT2D eigenvalue weighted by Gasteiger charge is 2.25. The van der Waals surface area contributed by atoms with Gasteiger partial charge >= 0.3 is 6.16 Å². The van der Waals surface area contributed by atoms with Gasteiger partial charge in [0.1, 0.15) is 5.75 Å². The van der Waals surface area contributed by atoms with Crippen molar-refractivity contribution in [1.29, 1.82) is 0 Å². The zero-order valence-electron chi connectivity index (χ0n) is 16.6. The Morgan fingerprint density at radius 3 is 2.20 bits per heavy atom. The van der Waals surface area contributed by atoms with Gasteiger partial charge in [-0.1, -0.05) is 11.6 Å². The fourth-order valence-electron chi connectivity index (χ4n) is 3.19. The van der Waals surface area contributed by atoms with Crippen molar-refractivity contribution in [3.05, 3.63) is 64.7 Å². The molecule has 1 aliphatic heterocycles. The van der Waals surface area contributed by atoms with Crippen molar-refractivity contribution in [2.45, 2.75) is 25.8 Å². The number of hydrogen-bond acceptors (Lipinski definition) is 5. The highest BCUT2D eigenvalue weighted by atomic mass is 35.5. The number of benzene rings is 2. The number of amides is 2. The average Bonchev–Trinajstić information content (AvgIpc) is 2.75. The fourth-order valence-corrected chi connectivity index (χ4v) is 3.31. The normalized spacial score (nSPS) is 14.1. The van der Waals surface area contributed by atoms with Gasteiger partial charge in [-0.15, -0.1) is 0 Å². The molecule has 0 aromatic heterocycles. The van der Waals surface area contributed by atoms with Crippen molar-refractivity contribution in [3.63, 3.8) is 0 Å². The SMILES string of the molecule is CCOC(=O)Oc1ccc(C(=O)NC2CCN(C(=O)c3ccc(Cl)cc3)CC2)cc1. The molecule has 0 radical (unpaired) electrons. The van der Waals surface area contributed by atoms with Gasteiger partial charge in [-0.05, 0) is 68.3 Å². The van der Waals surface area contributed by atoms with Gasteiger partial charge in [-0.2, -0.15) is 0 Å². The zero-order chi connectivity index (χ0) is 21.5. The number of carbonyl (C=O) groups excluding carboxylic acids is 3. The predicted molar refractivity (Wildman–Crippen MR) is 112 cm³/mol. The number of nitrogens with zero attached hydrogens (tertiary/aromatic N) is 1. The molecule has 0 aliphatic carbocycles. The number of hydrogen-bond donors (Lipinski definition) is 1. The van der Waals surface area contributed by atoms with E-state index in [1.807, 2.05) is 0 Å². The van der Waals surface area contributed by atoms with E-state index in [0.29, 0.717) is 47.8 Å². The lowest BCUT2D eigenvalue weighted by atomic mass is 10.0. The number of likely N-dealkylation sites (tertiary alicyclic amines) is 1. The second-order valence-corrected chi connectivity index (χ2v) is 7.29. The summed E-state index contributed by atoms with van der Waals surface area (Å²) >= 11 is 5.87. The summed E-state index contributed by atoms with van der Waals surface area (Å²) in [5.41, 5.74) is 1.07. The summed E-state index contributed by atoms with van der Waals surface area (Å²) in [4.78, 5) is 38.1. The van der Waals surface area contributed by atoms with Crippen LogP contribution in [0.5, 0.6) is 5.75 Å². The molecule has 1 N–H and O–H groups in total. The first-order valence-corrected chi connectivity index (χ1v) is 10.1. The summed E-state index contributed by atoms with van der Waals surface area (Å²) in [6.45, 7) is 3.05. The number of rotatable bonds is 5. The Morgan fingerprint density at radius 1 is 1.00 bits per heavy atom. The smallest absolute Gasteiger partial charge is 0.434 e. The summed E-state index contributed by atoms with van der Waals surface area (Å²) in [5, 5.41) is 3.59. The van der Waals surface area contributed by atoms with Crippen LogP contribution in [0.4, 0.5) is 4.79 Å². The lowest BCUT2D eigenvalue weighted by molar-refractivity contribution is 0.0698. The van der Waals surface area contributed by atoms with Crippen LogP contribution in [0.15, 0.2) is 48.5 Å². The maximum atomic E-state index is 12.6. The molecule has 7 nitrogen and oxygen atoms in total. The van der Waals surface area contributed by atoms with E-state index in [2.05, 4.69) is 5.32 Å². The van der Waals surface area contributed by atoms with Crippen molar-refractivity contribution in [2.75, 3.05) is 19.7 Å². The molecule has 1 saturated heterocycles. The van der Waals surface area contributed by atoms with E-state index >= 15 is 0 Å². The number of piperidine rings is 1. The second kappa shape index (κ2) is 10.1. The molecular formula is C22H23ClN2O5. The lowest BCUT2D eigenvalue weighted by Gasteiger charge is -2.32. The monoisotopic (exact) mass is 430 g/mol. The van der Waals surface area contributed by atoms with Crippen LogP contribution in [0.1, 0.15) is 40.5 Å². The van der Waals surface area contributed by atoms with Gasteiger partial charge in [0, 0.05) is 35.3 Å². The van der Waals surface area contributed by atoms with E-state index in [0.717, 1.165) is 0 Å². The van der Waals surface area contributed by atoms with Crippen molar-refractivity contribution >= 4 is 29.6 Å². The van der Waals surface area contributed by atoms with Crippen molar-refractivity contribution in [1.82, 2.24) is 10.2 Å². The molecule has 0 spiro atoms. The Kier molecular flexibility index (Phi) is 7.30. The van der Waals surface area contributed by atoms with Crippen LogP contribution >= 0.6 is 11.6 Å². The molecule has 0 atom stereocenters. The molecule has 0 unspecified atom stereocenters. The van der Waals surface area contributed by atoms with Gasteiger partial charge in [0.2, 0.25) is 0 Å². The zero-order valence-corrected chi connectivity index (χ0v) is 17.4. The largest absolute Gasteiger partial charge is 0.513 e. The van der Waals surface area contributed by atoms with Gasteiger partial charge in [0.15, 0.2) is 0 Å². The van der Waals surface area contributed by atoms with Crippen LogP contribution in [-0.4, -0.2) is 48.6 Å². The van der Waals surface area contributed by atoms with Crippen molar-refractivity contribution in [2.24, 2.45) is 0 Å². The minimum Gasteiger partial charge on any atom is -0.434 e. The highest BCUT2D eigenvalue weighted by molar-refractivity contribution is 6.30. The third-order valence-electron chi connectivity index (χ3n) is 4.79. The highest BCUT2D eigenvalue weighted by Crippen LogP contribution is 2.17. The second-order valence-electron chi connectivity index (χ2n) is 6.86. The Labute approximate surface area is 179 Å². The van der Waals surface area contributed by atoms with Gasteiger partial charge in [-0.3, -0.25) is 9.59 Å². The molecule has 3 rings (SSSR count). The lowest BCUT2D eigenvalue weighted by Crippen LogP contribution is -2.46. The first-order chi connectivity index (χ1) is 14.5. The van der Waals surface area contributed by atoms with Crippen LogP contribution in [0.25, 0.3) is 0 Å². The van der Waals surface area contributed by atoms with Gasteiger partial charge < -0.3 is 19.7 Å². The Balaban J connectivity index is 1.48. The number of carbonyl (C=O) groups is 3. The molecule has 1 aliphatic rings. The van der Waals surface area contributed by atoms with Gasteiger partial charge in [-0.25, -0.2) is 4.79 Å². The minimum absolute atomic E-state index is 0.0118. The summed E-state index contributed by atoms with van der Waals surface area (Å²) < 4.78 is 9.69. The van der Waals surface area contributed by atoms with E-state index in [4.69, 9.17) is 21.1 Å². The minimum atomic E-state index is -0.783. The number of ether oxygens (including phenoxy) is 2. The Bertz CT molecular complexity index is 891. The van der Waals surface area contributed by atoms with E-state index in [1.54, 1.807) is 60.4 Å². The molecule has 1 fully saturated rings. The maximum Gasteiger partial charge on any atom is 0.513 e. The maximum absolute atomic E-state index is 12.6. The molecule has 0 saturated carbocycles. The topological polar surface area (TPSA) is 84.9 Å². The quantitative estimate of drug-likeness (QED) is 0.574. The standard InChI is InChI=1S/C22H23ClN2O5/c1-2-29-22(28)30-19-9-5-15(6-10-19)20(26)24-18-11-13-25(14-12-18)21(27)16-3-7-17(23)8-4-16/h3-10,18H,2,11-14H2,1H3,(H,24,26). The fraction of sp³-hybridized carbons (Fsp3) is 0.318. The molecule has 30 heavy (non-hydrogen) atoms. The molecule has 8 heteroatoms. The van der Waals surface area contributed by atoms with E-state index in [1.165, 1.54) is 0 Å². The summed E-state index contributed by atoms with van der Waals surface area (Å²) in [6.07, 6.45) is 0.569. The van der Waals surface area contributed by atoms with Gasteiger partial charge in [0.25, 0.3) is 11.8 Å². The number of halogens is 1. The first kappa shape index (κ1) is 21.6. The van der Waals surface area contributed by atoms with E-state index < -0.39 is 6.16 Å². The van der Waals surface area contributed by atoms with Crippen LogP contribution in [-0.2, 0) is 4.74 Å². The van der Waals surface area contributed by atoms with E-state index in [-0.39, 0.29) is 24.5 Å². The van der Waals surface area contributed by atoms with E-state index in [9.17, 15) is 14.4 Å². The molecule has 2 amide bonds. The van der Waals surface area contributed by atoms with Crippen LogP contribution in [0.3, 0.4) is 0 Å². The molecular weight excluding hydrogens is 408 g/mol. The summed E-state index contributed by atoms with van der Waals surface area (Å²) in [7, 11) is 0. The first-order valence-electron chi connectivity index (χ1n) is 9.76. The van der Waals surface area contributed by atoms with Crippen LogP contribution < -0.4 is 10.1 Å². The van der Waals surface area contributed by atoms with Crippen LogP contribution in [0.2, 0.25) is 5.02 Å². The third-order valence-corrected chi connectivity index (χ3v) is 5.04. The van der Waals surface area contributed by atoms with Crippen LogP contribution in [0, 0.1) is 0 Å². The Hall–Kier alpha value is -3.06. The average molecular weight is 431 g/mol. The molecule has 2 aromatic carbocycles. The van der Waals surface area contributed by atoms with Crippen molar-refractivity contribution in [3.8, 4) is 5.75 Å². The van der Waals surface area contributed by atoms with Crippen molar-refractivity contribution < 1.29 is 23.9 Å². The molecule has 0 bridgehead atoms. The molecule has 2 aromatic rings. The summed E-state index contributed by atoms with van der Waals surface area (Å²) in [6, 6.07) is 13.1. The third kappa shape index (κ3) is 5.73. The molecule has 1 heterocycles. The predicted octanol–water partition coefficient (Wildman–Crippen LogP) is 3.91. The number of nitrogens with one attached hydrogen (secondary N) is 1. The molecule has 158 valence electrons.